The molecule has 14 heteroatoms. The average molecular weight is 653 g/mol. The number of fused-ring (bicyclic) bond motifs is 1. The number of hydrogen-bond donors (Lipinski definition) is 3. The van der Waals surface area contributed by atoms with Crippen LogP contribution < -0.4 is 25.2 Å². The Balaban J connectivity index is 1.20. The van der Waals surface area contributed by atoms with Gasteiger partial charge in [-0.25, -0.2) is 17.6 Å². The van der Waals surface area contributed by atoms with Crippen molar-refractivity contribution in [1.82, 2.24) is 15.2 Å². The Morgan fingerprint density at radius 1 is 0.894 bits per heavy atom. The van der Waals surface area contributed by atoms with Gasteiger partial charge in [0.05, 0.1) is 29.7 Å². The maximum Gasteiger partial charge on any atom is 0.269 e. The van der Waals surface area contributed by atoms with Crippen molar-refractivity contribution in [3.63, 3.8) is 0 Å². The monoisotopic (exact) mass is 652 g/mol. The quantitative estimate of drug-likeness (QED) is 0.197. The minimum absolute atomic E-state index is 0.0105. The molecule has 6 rings (SSSR count). The zero-order chi connectivity index (χ0) is 33.6. The summed E-state index contributed by atoms with van der Waals surface area (Å²) in [5.41, 5.74) is 0.802. The van der Waals surface area contributed by atoms with Crippen LogP contribution in [0.15, 0.2) is 42.5 Å². The number of amides is 3. The third kappa shape index (κ3) is 5.90. The molecule has 2 saturated heterocycles. The van der Waals surface area contributed by atoms with Gasteiger partial charge in [0.2, 0.25) is 11.8 Å². The van der Waals surface area contributed by atoms with Crippen LogP contribution in [0.25, 0.3) is 22.0 Å². The normalized spacial score (nSPS) is 16.8. The molecule has 1 atom stereocenters. The van der Waals surface area contributed by atoms with Crippen LogP contribution in [-0.4, -0.2) is 81.0 Å². The second-order valence-corrected chi connectivity index (χ2v) is 11.7. The predicted octanol–water partition coefficient (Wildman–Crippen LogP) is 4.65. The van der Waals surface area contributed by atoms with Crippen LogP contribution in [0.5, 0.6) is 5.75 Å². The zero-order valence-electron chi connectivity index (χ0n) is 25.8. The number of aromatic amines is 1. The predicted molar refractivity (Wildman–Crippen MR) is 169 cm³/mol. The molecule has 1 unspecified atom stereocenters. The first-order chi connectivity index (χ1) is 22.5. The molecule has 2 aliphatic heterocycles. The summed E-state index contributed by atoms with van der Waals surface area (Å²) < 4.78 is 66.7. The van der Waals surface area contributed by atoms with E-state index in [4.69, 9.17) is 4.74 Å². The minimum Gasteiger partial charge on any atom is -0.495 e. The van der Waals surface area contributed by atoms with Crippen molar-refractivity contribution in [2.24, 2.45) is 0 Å². The average Bonchev–Trinajstić information content (AvgIpc) is 3.51. The number of nitrogens with one attached hydrogen (secondary N) is 3. The Labute approximate surface area is 267 Å². The van der Waals surface area contributed by atoms with Crippen LogP contribution in [0.4, 0.5) is 34.6 Å². The largest absolute Gasteiger partial charge is 0.495 e. The van der Waals surface area contributed by atoms with E-state index in [0.29, 0.717) is 5.75 Å². The highest BCUT2D eigenvalue weighted by Crippen LogP contribution is 2.38. The summed E-state index contributed by atoms with van der Waals surface area (Å²) in [5, 5.41) is 5.44. The molecule has 2 aliphatic rings. The third-order valence-electron chi connectivity index (χ3n) is 8.53. The van der Waals surface area contributed by atoms with Crippen LogP contribution in [0.1, 0.15) is 23.3 Å². The molecule has 0 aliphatic carbocycles. The lowest BCUT2D eigenvalue weighted by Gasteiger charge is -2.38. The number of H-pyrrole nitrogens is 1. The van der Waals surface area contributed by atoms with Gasteiger partial charge < -0.3 is 29.7 Å². The molecule has 1 aromatic heterocycles. The Hall–Kier alpha value is -5.27. The van der Waals surface area contributed by atoms with E-state index >= 15 is 13.2 Å². The van der Waals surface area contributed by atoms with Gasteiger partial charge >= 0.3 is 0 Å². The molecular weight excluding hydrogens is 620 g/mol. The van der Waals surface area contributed by atoms with Gasteiger partial charge in [-0.15, -0.1) is 0 Å². The molecule has 3 heterocycles. The number of nitrogens with zero attached hydrogens (tertiary/aromatic N) is 3. The van der Waals surface area contributed by atoms with Crippen molar-refractivity contribution in [2.75, 3.05) is 62.5 Å². The number of carbonyl (C=O) groups excluding carboxylic acids is 3. The SMILES string of the molecule is COc1cc(N2CCN(c3ccc(-c4ccc(F)c5[nH]c(C(=O)N(C)C)cc45)c(F)c3F)CC2)c(F)cc1NC1CCC(=O)NC1=O. The van der Waals surface area contributed by atoms with Crippen LogP contribution in [0, 0.1) is 23.3 Å². The van der Waals surface area contributed by atoms with Crippen molar-refractivity contribution >= 4 is 45.7 Å². The Bertz CT molecular complexity index is 1900. The summed E-state index contributed by atoms with van der Waals surface area (Å²) in [6, 6.07) is 8.80. The maximum absolute atomic E-state index is 15.6. The number of imide groups is 1. The molecule has 47 heavy (non-hydrogen) atoms. The Morgan fingerprint density at radius 3 is 2.23 bits per heavy atom. The molecule has 10 nitrogen and oxygen atoms in total. The van der Waals surface area contributed by atoms with Crippen LogP contribution >= 0.6 is 0 Å². The molecule has 0 radical (unpaired) electrons. The zero-order valence-corrected chi connectivity index (χ0v) is 25.8. The number of anilines is 3. The molecular formula is C33H32F4N6O4. The second kappa shape index (κ2) is 12.5. The smallest absolute Gasteiger partial charge is 0.269 e. The molecule has 0 bridgehead atoms. The van der Waals surface area contributed by atoms with E-state index in [9.17, 15) is 18.8 Å². The summed E-state index contributed by atoms with van der Waals surface area (Å²) in [6.07, 6.45) is 0.420. The van der Waals surface area contributed by atoms with Gasteiger partial charge in [0, 0.05) is 69.8 Å². The standard InChI is InChI=1S/C33H32F4N6O4/c1-41(2)33(46)24-14-19-17(4-6-20(34)31(19)39-24)18-5-8-25(30(37)29(18)36)42-10-12-43(13-11-42)26-16-27(47-3)23(15-21(26)35)38-22-7-9-28(44)40-32(22)45/h4-6,8,14-16,22,38-39H,7,9-13H2,1-3H3,(H,40,44,45). The third-order valence-corrected chi connectivity index (χ3v) is 8.53. The Kier molecular flexibility index (Phi) is 8.43. The van der Waals surface area contributed by atoms with Crippen LogP contribution in [0.2, 0.25) is 0 Å². The number of benzene rings is 3. The lowest BCUT2D eigenvalue weighted by Crippen LogP contribution is -2.47. The molecule has 246 valence electrons. The van der Waals surface area contributed by atoms with E-state index in [2.05, 4.69) is 15.6 Å². The van der Waals surface area contributed by atoms with E-state index in [-0.39, 0.29) is 89.7 Å². The fourth-order valence-corrected chi connectivity index (χ4v) is 6.04. The van der Waals surface area contributed by atoms with Gasteiger partial charge in [-0.05, 0) is 36.2 Å². The summed E-state index contributed by atoms with van der Waals surface area (Å²) in [4.78, 5) is 43.6. The number of carbonyl (C=O) groups is 3. The first kappa shape index (κ1) is 31.7. The van der Waals surface area contributed by atoms with Crippen molar-refractivity contribution in [1.29, 1.82) is 0 Å². The van der Waals surface area contributed by atoms with Gasteiger partial charge in [0.1, 0.15) is 29.1 Å². The van der Waals surface area contributed by atoms with Crippen LogP contribution in [-0.2, 0) is 9.59 Å². The highest BCUT2D eigenvalue weighted by atomic mass is 19.2. The van der Waals surface area contributed by atoms with E-state index < -0.39 is 41.1 Å². The maximum atomic E-state index is 15.6. The number of rotatable bonds is 7. The van der Waals surface area contributed by atoms with Gasteiger partial charge in [0.15, 0.2) is 11.6 Å². The molecule has 4 aromatic rings. The highest BCUT2D eigenvalue weighted by molar-refractivity contribution is 6.03. The molecule has 0 saturated carbocycles. The van der Waals surface area contributed by atoms with Gasteiger partial charge in [0.25, 0.3) is 5.91 Å². The molecule has 3 amide bonds. The highest BCUT2D eigenvalue weighted by Gasteiger charge is 2.29. The van der Waals surface area contributed by atoms with Crippen molar-refractivity contribution in [3.8, 4) is 16.9 Å². The van der Waals surface area contributed by atoms with E-state index in [1.165, 1.54) is 48.4 Å². The summed E-state index contributed by atoms with van der Waals surface area (Å²) in [6.45, 7) is 1.07. The summed E-state index contributed by atoms with van der Waals surface area (Å²) in [7, 11) is 4.51. The topological polar surface area (TPSA) is 110 Å². The number of halogens is 4. The minimum atomic E-state index is -1.12. The van der Waals surface area contributed by atoms with E-state index in [0.717, 1.165) is 6.07 Å². The molecule has 2 fully saturated rings. The second-order valence-electron chi connectivity index (χ2n) is 11.7. The summed E-state index contributed by atoms with van der Waals surface area (Å²) >= 11 is 0. The first-order valence-electron chi connectivity index (χ1n) is 15.0. The lowest BCUT2D eigenvalue weighted by atomic mass is 9.99. The molecule has 0 spiro atoms. The lowest BCUT2D eigenvalue weighted by molar-refractivity contribution is -0.133. The van der Waals surface area contributed by atoms with Gasteiger partial charge in [-0.3, -0.25) is 19.7 Å². The van der Waals surface area contributed by atoms with E-state index in [1.54, 1.807) is 23.9 Å². The first-order valence-corrected chi connectivity index (χ1v) is 15.0. The molecule has 3 N–H and O–H groups in total. The number of piperazine rings is 1. The van der Waals surface area contributed by atoms with Crippen molar-refractivity contribution < 1.29 is 36.7 Å². The number of ether oxygens (including phenoxy) is 1. The van der Waals surface area contributed by atoms with Gasteiger partial charge in [-0.1, -0.05) is 6.07 Å². The van der Waals surface area contributed by atoms with Gasteiger partial charge in [-0.2, -0.15) is 0 Å². The van der Waals surface area contributed by atoms with E-state index in [1.807, 2.05) is 0 Å². The van der Waals surface area contributed by atoms with Crippen molar-refractivity contribution in [3.05, 3.63) is 71.4 Å². The summed E-state index contributed by atoms with van der Waals surface area (Å²) in [5.74, 6) is -4.36. The van der Waals surface area contributed by atoms with Crippen LogP contribution in [0.3, 0.4) is 0 Å². The Morgan fingerprint density at radius 2 is 1.57 bits per heavy atom. The molecule has 3 aromatic carbocycles. The number of methoxy groups -OCH3 is 1. The fraction of sp³-hybridized carbons (Fsp3) is 0.303. The van der Waals surface area contributed by atoms with Crippen molar-refractivity contribution in [2.45, 2.75) is 18.9 Å². The number of piperidine rings is 1. The fourth-order valence-electron chi connectivity index (χ4n) is 6.04. The number of hydrogen-bond acceptors (Lipinski definition) is 7. The number of aromatic nitrogens is 1.